The van der Waals surface area contributed by atoms with Crippen LogP contribution in [-0.2, 0) is 13.0 Å². The highest BCUT2D eigenvalue weighted by Crippen LogP contribution is 2.26. The summed E-state index contributed by atoms with van der Waals surface area (Å²) in [5.74, 6) is 0.747. The number of aromatic nitrogens is 6. The molecule has 0 saturated carbocycles. The average molecular weight is 458 g/mol. The van der Waals surface area contributed by atoms with Crippen molar-refractivity contribution in [1.82, 2.24) is 35.3 Å². The van der Waals surface area contributed by atoms with E-state index in [0.717, 1.165) is 34.9 Å². The van der Waals surface area contributed by atoms with E-state index in [1.807, 2.05) is 49.7 Å². The predicted octanol–water partition coefficient (Wildman–Crippen LogP) is 4.34. The monoisotopic (exact) mass is 457 g/mol. The maximum absolute atomic E-state index is 13.3. The Labute approximate surface area is 200 Å². The first-order chi connectivity index (χ1) is 16.4. The molecule has 2 aromatic heterocycles. The molecule has 0 aliphatic heterocycles. The SMILES string of the molecule is CCn1nccc1CC(C)NC(=O)c1cc(-c2ccc(C)cc2)cc(-n2nnnc2C(C)C)c1. The zero-order chi connectivity index (χ0) is 24.2. The van der Waals surface area contributed by atoms with Gasteiger partial charge in [-0.15, -0.1) is 5.10 Å². The van der Waals surface area contributed by atoms with E-state index in [0.29, 0.717) is 12.0 Å². The third kappa shape index (κ3) is 5.06. The summed E-state index contributed by atoms with van der Waals surface area (Å²) in [6.07, 6.45) is 2.50. The van der Waals surface area contributed by atoms with Gasteiger partial charge in [0.25, 0.3) is 5.91 Å². The molecule has 176 valence electrons. The fraction of sp³-hybridized carbons (Fsp3) is 0.346. The molecule has 0 saturated heterocycles. The Bertz CT molecular complexity index is 1270. The maximum Gasteiger partial charge on any atom is 0.251 e. The summed E-state index contributed by atoms with van der Waals surface area (Å²) < 4.78 is 3.66. The Morgan fingerprint density at radius 2 is 1.79 bits per heavy atom. The van der Waals surface area contributed by atoms with Crippen LogP contribution in [0.15, 0.2) is 54.7 Å². The molecular weight excluding hydrogens is 426 g/mol. The molecule has 0 bridgehead atoms. The van der Waals surface area contributed by atoms with Crippen LogP contribution in [-0.4, -0.2) is 41.9 Å². The zero-order valence-electron chi connectivity index (χ0n) is 20.4. The normalized spacial score (nSPS) is 12.2. The molecule has 0 aliphatic carbocycles. The molecule has 8 heteroatoms. The highest BCUT2D eigenvalue weighted by atomic mass is 16.1. The summed E-state index contributed by atoms with van der Waals surface area (Å²) in [7, 11) is 0. The number of rotatable bonds is 8. The molecule has 0 spiro atoms. The second-order valence-electron chi connectivity index (χ2n) is 8.96. The maximum atomic E-state index is 13.3. The van der Waals surface area contributed by atoms with Crippen molar-refractivity contribution in [2.45, 2.75) is 59.5 Å². The standard InChI is InChI=1S/C26H31N7O/c1-6-32-23(11-12-27-32)13-19(5)28-26(34)22-14-21(20-9-7-18(4)8-10-20)15-24(16-22)33-25(17(2)3)29-30-31-33/h7-12,14-17,19H,6,13H2,1-5H3,(H,28,34). The molecule has 2 heterocycles. The van der Waals surface area contributed by atoms with Gasteiger partial charge in [0.2, 0.25) is 0 Å². The summed E-state index contributed by atoms with van der Waals surface area (Å²) in [4.78, 5) is 13.3. The van der Waals surface area contributed by atoms with E-state index in [1.165, 1.54) is 5.56 Å². The zero-order valence-corrected chi connectivity index (χ0v) is 20.4. The van der Waals surface area contributed by atoms with Gasteiger partial charge in [-0.05, 0) is 66.6 Å². The molecule has 4 aromatic rings. The van der Waals surface area contributed by atoms with Crippen LogP contribution >= 0.6 is 0 Å². The molecule has 2 aromatic carbocycles. The molecule has 1 atom stereocenters. The lowest BCUT2D eigenvalue weighted by Crippen LogP contribution is -2.34. The van der Waals surface area contributed by atoms with Crippen molar-refractivity contribution in [3.63, 3.8) is 0 Å². The van der Waals surface area contributed by atoms with Crippen LogP contribution in [0.3, 0.4) is 0 Å². The molecule has 0 aliphatic rings. The molecule has 0 radical (unpaired) electrons. The van der Waals surface area contributed by atoms with Gasteiger partial charge in [-0.2, -0.15) is 9.78 Å². The van der Waals surface area contributed by atoms with Gasteiger partial charge < -0.3 is 5.32 Å². The van der Waals surface area contributed by atoms with Crippen LogP contribution in [0.5, 0.6) is 0 Å². The number of amides is 1. The number of hydrogen-bond donors (Lipinski definition) is 1. The highest BCUT2D eigenvalue weighted by molar-refractivity contribution is 5.96. The van der Waals surface area contributed by atoms with E-state index < -0.39 is 0 Å². The highest BCUT2D eigenvalue weighted by Gasteiger charge is 2.18. The van der Waals surface area contributed by atoms with Gasteiger partial charge in [0, 0.05) is 42.4 Å². The van der Waals surface area contributed by atoms with Crippen molar-refractivity contribution in [2.24, 2.45) is 0 Å². The van der Waals surface area contributed by atoms with Crippen LogP contribution in [0.2, 0.25) is 0 Å². The van der Waals surface area contributed by atoms with Crippen molar-refractivity contribution in [2.75, 3.05) is 0 Å². The Morgan fingerprint density at radius 1 is 1.03 bits per heavy atom. The van der Waals surface area contributed by atoms with Gasteiger partial charge in [0.1, 0.15) is 0 Å². The quantitative estimate of drug-likeness (QED) is 0.425. The van der Waals surface area contributed by atoms with Crippen molar-refractivity contribution in [3.8, 4) is 16.8 Å². The summed E-state index contributed by atoms with van der Waals surface area (Å²) in [5, 5.41) is 19.7. The molecule has 0 fully saturated rings. The molecule has 8 nitrogen and oxygen atoms in total. The number of hydrogen-bond acceptors (Lipinski definition) is 5. The minimum atomic E-state index is -0.135. The van der Waals surface area contributed by atoms with E-state index >= 15 is 0 Å². The Morgan fingerprint density at radius 3 is 2.50 bits per heavy atom. The van der Waals surface area contributed by atoms with Crippen molar-refractivity contribution < 1.29 is 4.79 Å². The third-order valence-electron chi connectivity index (χ3n) is 5.82. The van der Waals surface area contributed by atoms with Gasteiger partial charge in [0.15, 0.2) is 5.82 Å². The second-order valence-corrected chi connectivity index (χ2v) is 8.96. The van der Waals surface area contributed by atoms with Crippen molar-refractivity contribution in [3.05, 3.63) is 77.4 Å². The van der Waals surface area contributed by atoms with Gasteiger partial charge in [-0.3, -0.25) is 9.48 Å². The second kappa shape index (κ2) is 9.99. The topological polar surface area (TPSA) is 90.5 Å². The van der Waals surface area contributed by atoms with Crippen LogP contribution < -0.4 is 5.32 Å². The molecule has 34 heavy (non-hydrogen) atoms. The third-order valence-corrected chi connectivity index (χ3v) is 5.82. The van der Waals surface area contributed by atoms with Crippen LogP contribution in [0, 0.1) is 6.92 Å². The first-order valence-electron chi connectivity index (χ1n) is 11.7. The van der Waals surface area contributed by atoms with Crippen LogP contribution in [0.25, 0.3) is 16.8 Å². The van der Waals surface area contributed by atoms with E-state index in [4.69, 9.17) is 0 Å². The van der Waals surface area contributed by atoms with E-state index in [2.05, 4.69) is 64.1 Å². The van der Waals surface area contributed by atoms with E-state index in [1.54, 1.807) is 10.9 Å². The van der Waals surface area contributed by atoms with Crippen molar-refractivity contribution >= 4 is 5.91 Å². The molecular formula is C26H31N7O. The predicted molar refractivity (Wildman–Crippen MR) is 132 cm³/mol. The van der Waals surface area contributed by atoms with Gasteiger partial charge in [-0.25, -0.2) is 0 Å². The summed E-state index contributed by atoms with van der Waals surface area (Å²) in [6, 6.07) is 16.0. The minimum Gasteiger partial charge on any atom is -0.349 e. The number of carbonyl (C=O) groups is 1. The lowest BCUT2D eigenvalue weighted by molar-refractivity contribution is 0.0939. The summed E-state index contributed by atoms with van der Waals surface area (Å²) in [6.45, 7) is 11.0. The lowest BCUT2D eigenvalue weighted by atomic mass is 10.00. The summed E-state index contributed by atoms with van der Waals surface area (Å²) in [5.41, 5.74) is 5.56. The van der Waals surface area contributed by atoms with Gasteiger partial charge in [0.05, 0.1) is 5.69 Å². The first kappa shape index (κ1) is 23.4. The van der Waals surface area contributed by atoms with Gasteiger partial charge in [-0.1, -0.05) is 43.7 Å². The molecule has 4 rings (SSSR count). The van der Waals surface area contributed by atoms with Crippen molar-refractivity contribution in [1.29, 1.82) is 0 Å². The number of carbonyl (C=O) groups excluding carboxylic acids is 1. The van der Waals surface area contributed by atoms with Gasteiger partial charge >= 0.3 is 0 Å². The summed E-state index contributed by atoms with van der Waals surface area (Å²) >= 11 is 0. The first-order valence-corrected chi connectivity index (χ1v) is 11.7. The molecule has 1 N–H and O–H groups in total. The Kier molecular flexibility index (Phi) is 6.86. The fourth-order valence-corrected chi connectivity index (χ4v) is 4.01. The number of tetrazole rings is 1. The molecule has 1 amide bonds. The Balaban J connectivity index is 1.67. The van der Waals surface area contributed by atoms with E-state index in [9.17, 15) is 4.79 Å². The minimum absolute atomic E-state index is 0.0553. The fourth-order valence-electron chi connectivity index (χ4n) is 4.01. The number of benzene rings is 2. The number of nitrogens with zero attached hydrogens (tertiary/aromatic N) is 6. The average Bonchev–Trinajstić information content (AvgIpc) is 3.48. The number of aryl methyl sites for hydroxylation is 2. The van der Waals surface area contributed by atoms with Crippen LogP contribution in [0.4, 0.5) is 0 Å². The Hall–Kier alpha value is -3.81. The molecule has 1 unspecified atom stereocenters. The van der Waals surface area contributed by atoms with E-state index in [-0.39, 0.29) is 17.9 Å². The smallest absolute Gasteiger partial charge is 0.251 e. The lowest BCUT2D eigenvalue weighted by Gasteiger charge is -2.16. The van der Waals surface area contributed by atoms with Crippen LogP contribution in [0.1, 0.15) is 61.1 Å². The number of nitrogens with one attached hydrogen (secondary N) is 1. The largest absolute Gasteiger partial charge is 0.349 e.